The standard InChI is InChI=1S/C24H25FN2O5/c1-27-19(14-22(29)26-24(27)32)11-12-20(23(30)31)21(28)13-4-15-2-5-16(6-3-15)17-7-9-18(25)10-8-17/h2-3,5-10,14,20-21,28H,4,11-13H2,1H3,(H,30,31)(H,26,29,32). The third-order valence-electron chi connectivity index (χ3n) is 5.62. The van der Waals surface area contributed by atoms with Crippen molar-refractivity contribution in [2.45, 2.75) is 31.8 Å². The van der Waals surface area contributed by atoms with E-state index in [1.807, 2.05) is 24.3 Å². The Labute approximate surface area is 183 Å². The van der Waals surface area contributed by atoms with Crippen molar-refractivity contribution in [3.63, 3.8) is 0 Å². The van der Waals surface area contributed by atoms with Crippen LogP contribution >= 0.6 is 0 Å². The first kappa shape index (κ1) is 23.1. The normalized spacial score (nSPS) is 13.0. The van der Waals surface area contributed by atoms with Gasteiger partial charge in [-0.1, -0.05) is 36.4 Å². The van der Waals surface area contributed by atoms with Gasteiger partial charge in [0.1, 0.15) is 5.82 Å². The predicted octanol–water partition coefficient (Wildman–Crippen LogP) is 2.51. The zero-order valence-corrected chi connectivity index (χ0v) is 17.6. The third-order valence-corrected chi connectivity index (χ3v) is 5.62. The lowest BCUT2D eigenvalue weighted by Crippen LogP contribution is -2.32. The molecule has 0 spiro atoms. The molecule has 2 atom stereocenters. The summed E-state index contributed by atoms with van der Waals surface area (Å²) in [6.07, 6.45) is -0.0742. The number of benzene rings is 2. The number of H-pyrrole nitrogens is 1. The number of aliphatic hydroxyl groups excluding tert-OH is 1. The minimum atomic E-state index is -1.13. The van der Waals surface area contributed by atoms with Crippen LogP contribution in [0.4, 0.5) is 4.39 Å². The molecule has 2 unspecified atom stereocenters. The Morgan fingerprint density at radius 3 is 2.19 bits per heavy atom. The maximum atomic E-state index is 13.1. The van der Waals surface area contributed by atoms with Crippen LogP contribution in [-0.4, -0.2) is 31.8 Å². The molecule has 8 heteroatoms. The first-order valence-electron chi connectivity index (χ1n) is 10.3. The van der Waals surface area contributed by atoms with Gasteiger partial charge >= 0.3 is 11.7 Å². The van der Waals surface area contributed by atoms with Crippen molar-refractivity contribution in [2.24, 2.45) is 13.0 Å². The molecule has 32 heavy (non-hydrogen) atoms. The van der Waals surface area contributed by atoms with Gasteiger partial charge in [0, 0.05) is 18.8 Å². The van der Waals surface area contributed by atoms with Crippen molar-refractivity contribution in [2.75, 3.05) is 0 Å². The molecule has 0 aliphatic heterocycles. The number of aliphatic carboxylic acids is 1. The van der Waals surface area contributed by atoms with Crippen LogP contribution in [0.2, 0.25) is 0 Å². The zero-order valence-electron chi connectivity index (χ0n) is 17.6. The predicted molar refractivity (Wildman–Crippen MR) is 118 cm³/mol. The smallest absolute Gasteiger partial charge is 0.328 e. The topological polar surface area (TPSA) is 112 Å². The third kappa shape index (κ3) is 5.79. The lowest BCUT2D eigenvalue weighted by Gasteiger charge is -2.19. The van der Waals surface area contributed by atoms with Gasteiger partial charge in [-0.05, 0) is 54.5 Å². The van der Waals surface area contributed by atoms with Crippen LogP contribution in [0, 0.1) is 11.7 Å². The van der Waals surface area contributed by atoms with E-state index in [4.69, 9.17) is 0 Å². The molecule has 0 aliphatic rings. The number of aromatic amines is 1. The average Bonchev–Trinajstić information content (AvgIpc) is 2.76. The fourth-order valence-corrected chi connectivity index (χ4v) is 3.65. The van der Waals surface area contributed by atoms with Gasteiger partial charge in [-0.2, -0.15) is 0 Å². The van der Waals surface area contributed by atoms with Crippen molar-refractivity contribution in [1.82, 2.24) is 9.55 Å². The van der Waals surface area contributed by atoms with Crippen molar-refractivity contribution in [3.05, 3.63) is 92.5 Å². The van der Waals surface area contributed by atoms with Gasteiger partial charge in [-0.25, -0.2) is 9.18 Å². The summed E-state index contributed by atoms with van der Waals surface area (Å²) >= 11 is 0. The lowest BCUT2D eigenvalue weighted by molar-refractivity contribution is -0.146. The molecule has 2 aromatic carbocycles. The van der Waals surface area contributed by atoms with Crippen LogP contribution in [0.5, 0.6) is 0 Å². The van der Waals surface area contributed by atoms with E-state index in [0.29, 0.717) is 12.1 Å². The maximum Gasteiger partial charge on any atom is 0.328 e. The van der Waals surface area contributed by atoms with Crippen LogP contribution in [-0.2, 0) is 24.7 Å². The molecular formula is C24H25FN2O5. The van der Waals surface area contributed by atoms with Gasteiger partial charge in [0.05, 0.1) is 12.0 Å². The van der Waals surface area contributed by atoms with E-state index in [-0.39, 0.29) is 25.1 Å². The minimum absolute atomic E-state index is 0.0940. The number of nitrogens with one attached hydrogen (secondary N) is 1. The molecule has 7 nitrogen and oxygen atoms in total. The van der Waals surface area contributed by atoms with Gasteiger partial charge < -0.3 is 14.8 Å². The molecule has 3 N–H and O–H groups in total. The summed E-state index contributed by atoms with van der Waals surface area (Å²) in [5, 5.41) is 20.1. The minimum Gasteiger partial charge on any atom is -0.481 e. The van der Waals surface area contributed by atoms with Gasteiger partial charge in [0.2, 0.25) is 0 Å². The summed E-state index contributed by atoms with van der Waals surface area (Å²) in [6.45, 7) is 0. The number of carbonyl (C=O) groups is 1. The molecule has 0 fully saturated rings. The molecule has 0 saturated heterocycles. The number of aliphatic hydroxyl groups is 1. The fourth-order valence-electron chi connectivity index (χ4n) is 3.65. The summed E-state index contributed by atoms with van der Waals surface area (Å²) < 4.78 is 14.3. The first-order chi connectivity index (χ1) is 15.2. The highest BCUT2D eigenvalue weighted by molar-refractivity contribution is 5.70. The largest absolute Gasteiger partial charge is 0.481 e. The second-order valence-corrected chi connectivity index (χ2v) is 7.78. The highest BCUT2D eigenvalue weighted by Crippen LogP contribution is 2.22. The first-order valence-corrected chi connectivity index (χ1v) is 10.3. The van der Waals surface area contributed by atoms with E-state index in [1.54, 1.807) is 12.1 Å². The Balaban J connectivity index is 1.61. The quantitative estimate of drug-likeness (QED) is 0.473. The summed E-state index contributed by atoms with van der Waals surface area (Å²) in [4.78, 5) is 37.0. The molecule has 3 aromatic rings. The number of aromatic nitrogens is 2. The van der Waals surface area contributed by atoms with Crippen LogP contribution < -0.4 is 11.2 Å². The van der Waals surface area contributed by atoms with Gasteiger partial charge in [-0.3, -0.25) is 14.6 Å². The summed E-state index contributed by atoms with van der Waals surface area (Å²) in [7, 11) is 1.50. The van der Waals surface area contributed by atoms with Crippen molar-refractivity contribution in [1.29, 1.82) is 0 Å². The summed E-state index contributed by atoms with van der Waals surface area (Å²) in [5.41, 5.74) is 2.06. The van der Waals surface area contributed by atoms with Crippen molar-refractivity contribution >= 4 is 5.97 Å². The van der Waals surface area contributed by atoms with Crippen LogP contribution in [0.25, 0.3) is 11.1 Å². The Morgan fingerprint density at radius 1 is 1.00 bits per heavy atom. The van der Waals surface area contributed by atoms with E-state index in [1.165, 1.54) is 29.8 Å². The Kier molecular flexibility index (Phi) is 7.37. The molecule has 1 aromatic heterocycles. The molecule has 0 radical (unpaired) electrons. The molecule has 0 aliphatic carbocycles. The number of halogens is 1. The van der Waals surface area contributed by atoms with E-state index in [9.17, 15) is 29.0 Å². The molecule has 0 amide bonds. The van der Waals surface area contributed by atoms with Crippen LogP contribution in [0.15, 0.2) is 64.2 Å². The lowest BCUT2D eigenvalue weighted by atomic mass is 9.91. The van der Waals surface area contributed by atoms with Crippen LogP contribution in [0.3, 0.4) is 0 Å². The molecule has 0 bridgehead atoms. The number of rotatable bonds is 9. The number of carboxylic acid groups (broad SMARTS) is 1. The Bertz CT molecular complexity index is 1180. The fraction of sp³-hybridized carbons (Fsp3) is 0.292. The average molecular weight is 440 g/mol. The summed E-state index contributed by atoms with van der Waals surface area (Å²) in [6, 6.07) is 15.0. The van der Waals surface area contributed by atoms with Crippen molar-refractivity contribution < 1.29 is 19.4 Å². The molecule has 168 valence electrons. The highest BCUT2D eigenvalue weighted by atomic mass is 19.1. The Hall–Kier alpha value is -3.52. The number of hydrogen-bond donors (Lipinski definition) is 3. The number of nitrogens with zero attached hydrogens (tertiary/aromatic N) is 1. The van der Waals surface area contributed by atoms with E-state index >= 15 is 0 Å². The Morgan fingerprint density at radius 2 is 1.59 bits per heavy atom. The second-order valence-electron chi connectivity index (χ2n) is 7.78. The number of aryl methyl sites for hydroxylation is 2. The monoisotopic (exact) mass is 440 g/mol. The maximum absolute atomic E-state index is 13.1. The number of hydrogen-bond acceptors (Lipinski definition) is 4. The van der Waals surface area contributed by atoms with Gasteiger partial charge in [-0.15, -0.1) is 0 Å². The molecule has 1 heterocycles. The summed E-state index contributed by atoms with van der Waals surface area (Å²) in [5.74, 6) is -2.45. The second kappa shape index (κ2) is 10.2. The number of carboxylic acids is 1. The van der Waals surface area contributed by atoms with Crippen molar-refractivity contribution in [3.8, 4) is 11.1 Å². The van der Waals surface area contributed by atoms with Gasteiger partial charge in [0.25, 0.3) is 5.56 Å². The van der Waals surface area contributed by atoms with E-state index < -0.39 is 29.2 Å². The van der Waals surface area contributed by atoms with Crippen LogP contribution in [0.1, 0.15) is 24.1 Å². The van der Waals surface area contributed by atoms with E-state index in [0.717, 1.165) is 16.7 Å². The molecular weight excluding hydrogens is 415 g/mol. The van der Waals surface area contributed by atoms with E-state index in [2.05, 4.69) is 4.98 Å². The SMILES string of the molecule is Cn1c(CCC(C(=O)O)C(O)CCc2ccc(-c3ccc(F)cc3)cc2)cc(=O)[nH]c1=O. The molecule has 0 saturated carbocycles. The highest BCUT2D eigenvalue weighted by Gasteiger charge is 2.26. The van der Waals surface area contributed by atoms with Gasteiger partial charge in [0.15, 0.2) is 0 Å². The molecule has 3 rings (SSSR count). The zero-order chi connectivity index (χ0) is 23.3.